The van der Waals surface area contributed by atoms with E-state index in [1.807, 2.05) is 12.1 Å². The first-order valence-electron chi connectivity index (χ1n) is 12.0. The molecule has 8 aromatic rings. The van der Waals surface area contributed by atoms with Crippen molar-refractivity contribution in [2.24, 2.45) is 0 Å². The normalized spacial score (nSPS) is 12.0. The maximum atomic E-state index is 6.20. The molecule has 0 bridgehead atoms. The fourth-order valence-electron chi connectivity index (χ4n) is 5.90. The van der Waals surface area contributed by atoms with Crippen LogP contribution in [0.1, 0.15) is 0 Å². The average molecular weight is 445 g/mol. The van der Waals surface area contributed by atoms with Gasteiger partial charge in [-0.25, -0.2) is 0 Å². The van der Waals surface area contributed by atoms with E-state index in [1.54, 1.807) is 0 Å². The summed E-state index contributed by atoms with van der Waals surface area (Å²) in [5, 5.41) is 10.2. The van der Waals surface area contributed by atoms with E-state index >= 15 is 0 Å². The van der Waals surface area contributed by atoms with Crippen LogP contribution in [-0.2, 0) is 0 Å². The minimum absolute atomic E-state index is 0.931. The lowest BCUT2D eigenvalue weighted by molar-refractivity contribution is 0.669. The molecule has 0 N–H and O–H groups in total. The smallest absolute Gasteiger partial charge is 0.136 e. The van der Waals surface area contributed by atoms with Gasteiger partial charge in [-0.15, -0.1) is 0 Å². The van der Waals surface area contributed by atoms with Crippen molar-refractivity contribution in [3.05, 3.63) is 121 Å². The van der Waals surface area contributed by atoms with E-state index < -0.39 is 0 Å². The summed E-state index contributed by atoms with van der Waals surface area (Å²) < 4.78 is 6.20. The van der Waals surface area contributed by atoms with Crippen LogP contribution in [0.3, 0.4) is 0 Å². The molecule has 0 radical (unpaired) electrons. The second-order valence-corrected chi connectivity index (χ2v) is 9.29. The van der Waals surface area contributed by atoms with Crippen LogP contribution >= 0.6 is 0 Å². The molecule has 0 spiro atoms. The Labute approximate surface area is 202 Å². The number of furan rings is 1. The third-order valence-corrected chi connectivity index (χ3v) is 7.44. The number of benzene rings is 7. The SMILES string of the molecule is c1ccc(-c2ccc3ccc4ccc(-c5cccc6oc7ccccc7c56)c5ccc2c3c45)cc1. The summed E-state index contributed by atoms with van der Waals surface area (Å²) in [6.45, 7) is 0. The molecule has 8 rings (SSSR count). The number of hydrogen-bond donors (Lipinski definition) is 0. The molecule has 1 heteroatoms. The molecule has 7 aromatic carbocycles. The number of rotatable bonds is 2. The first-order chi connectivity index (χ1) is 17.4. The predicted molar refractivity (Wildman–Crippen MR) is 148 cm³/mol. The van der Waals surface area contributed by atoms with Crippen LogP contribution in [0.5, 0.6) is 0 Å². The lowest BCUT2D eigenvalue weighted by Crippen LogP contribution is -1.89. The molecule has 0 saturated heterocycles. The zero-order valence-electron chi connectivity index (χ0n) is 19.0. The van der Waals surface area contributed by atoms with Gasteiger partial charge in [0.25, 0.3) is 0 Å². The number of fused-ring (bicyclic) bond motifs is 3. The third-order valence-electron chi connectivity index (χ3n) is 7.44. The Morgan fingerprint density at radius 3 is 1.77 bits per heavy atom. The van der Waals surface area contributed by atoms with Gasteiger partial charge in [0.1, 0.15) is 11.2 Å². The van der Waals surface area contributed by atoms with Gasteiger partial charge < -0.3 is 4.42 Å². The second kappa shape index (κ2) is 6.94. The van der Waals surface area contributed by atoms with Gasteiger partial charge in [-0.1, -0.05) is 109 Å². The molecule has 35 heavy (non-hydrogen) atoms. The number of hydrogen-bond acceptors (Lipinski definition) is 1. The third kappa shape index (κ3) is 2.58. The van der Waals surface area contributed by atoms with E-state index in [1.165, 1.54) is 60.0 Å². The van der Waals surface area contributed by atoms with E-state index in [0.717, 1.165) is 16.6 Å². The fraction of sp³-hybridized carbons (Fsp3) is 0. The van der Waals surface area contributed by atoms with Crippen molar-refractivity contribution >= 4 is 54.3 Å². The van der Waals surface area contributed by atoms with Crippen molar-refractivity contribution in [1.29, 1.82) is 0 Å². The van der Waals surface area contributed by atoms with E-state index in [9.17, 15) is 0 Å². The van der Waals surface area contributed by atoms with E-state index in [0.29, 0.717) is 0 Å². The molecule has 0 atom stereocenters. The molecular weight excluding hydrogens is 424 g/mol. The maximum absolute atomic E-state index is 6.20. The highest BCUT2D eigenvalue weighted by atomic mass is 16.3. The molecule has 0 unspecified atom stereocenters. The van der Waals surface area contributed by atoms with Crippen LogP contribution in [0, 0.1) is 0 Å². The van der Waals surface area contributed by atoms with Crippen LogP contribution in [0.2, 0.25) is 0 Å². The zero-order chi connectivity index (χ0) is 22.9. The molecule has 0 aliphatic rings. The summed E-state index contributed by atoms with van der Waals surface area (Å²) in [5.41, 5.74) is 6.85. The summed E-state index contributed by atoms with van der Waals surface area (Å²) in [4.78, 5) is 0. The summed E-state index contributed by atoms with van der Waals surface area (Å²) in [6, 6.07) is 43.6. The monoisotopic (exact) mass is 444 g/mol. The highest BCUT2D eigenvalue weighted by Crippen LogP contribution is 2.44. The van der Waals surface area contributed by atoms with Gasteiger partial charge in [-0.05, 0) is 66.7 Å². The Kier molecular flexibility index (Phi) is 3.72. The van der Waals surface area contributed by atoms with Crippen molar-refractivity contribution in [2.75, 3.05) is 0 Å². The summed E-state index contributed by atoms with van der Waals surface area (Å²) in [7, 11) is 0. The maximum Gasteiger partial charge on any atom is 0.136 e. The van der Waals surface area contributed by atoms with Crippen LogP contribution in [0.25, 0.3) is 76.5 Å². The lowest BCUT2D eigenvalue weighted by Gasteiger charge is -2.17. The van der Waals surface area contributed by atoms with Crippen molar-refractivity contribution in [3.63, 3.8) is 0 Å². The summed E-state index contributed by atoms with van der Waals surface area (Å²) >= 11 is 0. The number of para-hydroxylation sites is 1. The molecule has 1 heterocycles. The first kappa shape index (κ1) is 18.8. The van der Waals surface area contributed by atoms with Crippen molar-refractivity contribution in [1.82, 2.24) is 0 Å². The highest BCUT2D eigenvalue weighted by Gasteiger charge is 2.17. The fourth-order valence-corrected chi connectivity index (χ4v) is 5.90. The first-order valence-corrected chi connectivity index (χ1v) is 12.0. The summed E-state index contributed by atoms with van der Waals surface area (Å²) in [5.74, 6) is 0. The Hall–Kier alpha value is -4.62. The van der Waals surface area contributed by atoms with Crippen molar-refractivity contribution < 1.29 is 4.42 Å². The molecule has 0 amide bonds. The molecular formula is C34H20O. The molecule has 0 fully saturated rings. The van der Waals surface area contributed by atoms with Crippen LogP contribution < -0.4 is 0 Å². The van der Waals surface area contributed by atoms with Crippen LogP contribution in [-0.4, -0.2) is 0 Å². The molecule has 0 aliphatic heterocycles. The average Bonchev–Trinajstić information content (AvgIpc) is 3.31. The highest BCUT2D eigenvalue weighted by molar-refractivity contribution is 6.28. The van der Waals surface area contributed by atoms with E-state index in [4.69, 9.17) is 4.42 Å². The van der Waals surface area contributed by atoms with Gasteiger partial charge in [0.2, 0.25) is 0 Å². The van der Waals surface area contributed by atoms with Gasteiger partial charge in [0, 0.05) is 10.8 Å². The van der Waals surface area contributed by atoms with Crippen LogP contribution in [0.15, 0.2) is 126 Å². The van der Waals surface area contributed by atoms with E-state index in [2.05, 4.69) is 109 Å². The topological polar surface area (TPSA) is 13.1 Å². The molecule has 1 nitrogen and oxygen atoms in total. The Balaban J connectivity index is 1.51. The van der Waals surface area contributed by atoms with Crippen molar-refractivity contribution in [3.8, 4) is 22.3 Å². The molecule has 0 aliphatic carbocycles. The Morgan fingerprint density at radius 2 is 0.971 bits per heavy atom. The van der Waals surface area contributed by atoms with Gasteiger partial charge >= 0.3 is 0 Å². The minimum Gasteiger partial charge on any atom is -0.456 e. The van der Waals surface area contributed by atoms with Gasteiger partial charge in [0.05, 0.1) is 0 Å². The Morgan fingerprint density at radius 1 is 0.343 bits per heavy atom. The standard InChI is InChI=1S/C34H20O/c1-2-7-21(8-3-1)24-17-15-22-13-14-23-16-18-25(28-20-19-27(24)32(22)33(23)28)26-10-6-12-31-34(26)29-9-4-5-11-30(29)35-31/h1-20H. The predicted octanol–water partition coefficient (Wildman–Crippen LogP) is 9.82. The largest absolute Gasteiger partial charge is 0.456 e. The quantitative estimate of drug-likeness (QED) is 0.242. The van der Waals surface area contributed by atoms with Gasteiger partial charge in [0.15, 0.2) is 0 Å². The minimum atomic E-state index is 0.931. The zero-order valence-corrected chi connectivity index (χ0v) is 19.0. The second-order valence-electron chi connectivity index (χ2n) is 9.29. The summed E-state index contributed by atoms with van der Waals surface area (Å²) in [6.07, 6.45) is 0. The van der Waals surface area contributed by atoms with Gasteiger partial charge in [-0.3, -0.25) is 0 Å². The lowest BCUT2D eigenvalue weighted by atomic mass is 9.86. The van der Waals surface area contributed by atoms with Crippen LogP contribution in [0.4, 0.5) is 0 Å². The molecule has 0 saturated carbocycles. The van der Waals surface area contributed by atoms with Gasteiger partial charge in [-0.2, -0.15) is 0 Å². The van der Waals surface area contributed by atoms with Crippen molar-refractivity contribution in [2.45, 2.75) is 0 Å². The van der Waals surface area contributed by atoms with E-state index in [-0.39, 0.29) is 0 Å². The molecule has 162 valence electrons. The molecule has 1 aromatic heterocycles. The Bertz CT molecular complexity index is 2040.